The lowest BCUT2D eigenvalue weighted by molar-refractivity contribution is 0.0985. The van der Waals surface area contributed by atoms with E-state index in [0.29, 0.717) is 23.8 Å². The third-order valence-corrected chi connectivity index (χ3v) is 11.1. The molecule has 0 radical (unpaired) electrons. The molecule has 4 aromatic rings. The Morgan fingerprint density at radius 3 is 2.38 bits per heavy atom. The normalized spacial score (nSPS) is 14.6. The number of thioether (sulfide) groups is 1. The van der Waals surface area contributed by atoms with E-state index in [2.05, 4.69) is 6.07 Å². The molecule has 0 saturated heterocycles. The SMILES string of the molecule is CCN(C1CCCCC1)S(=O)(=O)c1ccc(C(=O)N(Cc2ccccc2)c2nc3ccc(SC)cc3s2)cc1. The van der Waals surface area contributed by atoms with Crippen molar-refractivity contribution in [2.75, 3.05) is 17.7 Å². The molecule has 9 heteroatoms. The van der Waals surface area contributed by atoms with Crippen molar-refractivity contribution >= 4 is 54.4 Å². The Balaban J connectivity index is 1.45. The van der Waals surface area contributed by atoms with Crippen molar-refractivity contribution < 1.29 is 13.2 Å². The summed E-state index contributed by atoms with van der Waals surface area (Å²) in [6.45, 7) is 2.69. The van der Waals surface area contributed by atoms with Crippen molar-refractivity contribution in [3.05, 3.63) is 83.9 Å². The highest BCUT2D eigenvalue weighted by atomic mass is 32.2. The third kappa shape index (κ3) is 6.06. The van der Waals surface area contributed by atoms with Crippen LogP contribution in [0.5, 0.6) is 0 Å². The number of aromatic nitrogens is 1. The minimum Gasteiger partial charge on any atom is -0.279 e. The maximum Gasteiger partial charge on any atom is 0.260 e. The van der Waals surface area contributed by atoms with Gasteiger partial charge in [-0.2, -0.15) is 4.31 Å². The van der Waals surface area contributed by atoms with E-state index in [1.54, 1.807) is 45.2 Å². The Labute approximate surface area is 239 Å². The summed E-state index contributed by atoms with van der Waals surface area (Å²) < 4.78 is 29.7. The van der Waals surface area contributed by atoms with E-state index >= 15 is 0 Å². The number of amides is 1. The van der Waals surface area contributed by atoms with Gasteiger partial charge in [-0.25, -0.2) is 13.4 Å². The summed E-state index contributed by atoms with van der Waals surface area (Å²) in [5.74, 6) is -0.216. The van der Waals surface area contributed by atoms with Gasteiger partial charge in [0.2, 0.25) is 10.0 Å². The van der Waals surface area contributed by atoms with Gasteiger partial charge >= 0.3 is 0 Å². The summed E-state index contributed by atoms with van der Waals surface area (Å²) in [6, 6.07) is 22.4. The zero-order valence-corrected chi connectivity index (χ0v) is 24.7. The van der Waals surface area contributed by atoms with Crippen LogP contribution in [0.15, 0.2) is 82.6 Å². The molecule has 0 aliphatic heterocycles. The first-order chi connectivity index (χ1) is 18.9. The Bertz CT molecular complexity index is 1530. The van der Waals surface area contributed by atoms with Crippen LogP contribution in [0.3, 0.4) is 0 Å². The molecule has 6 nitrogen and oxygen atoms in total. The topological polar surface area (TPSA) is 70.6 Å². The van der Waals surface area contributed by atoms with E-state index in [-0.39, 0.29) is 16.8 Å². The van der Waals surface area contributed by atoms with E-state index in [9.17, 15) is 13.2 Å². The van der Waals surface area contributed by atoms with Gasteiger partial charge in [-0.05, 0) is 67.1 Å². The van der Waals surface area contributed by atoms with Gasteiger partial charge in [-0.15, -0.1) is 11.8 Å². The zero-order chi connectivity index (χ0) is 27.4. The average molecular weight is 580 g/mol. The van der Waals surface area contributed by atoms with Gasteiger partial charge in [-0.3, -0.25) is 9.69 Å². The molecule has 3 aromatic carbocycles. The number of hydrogen-bond acceptors (Lipinski definition) is 6. The number of fused-ring (bicyclic) bond motifs is 1. The molecule has 1 aliphatic carbocycles. The molecule has 1 fully saturated rings. The highest BCUT2D eigenvalue weighted by Gasteiger charge is 2.31. The smallest absolute Gasteiger partial charge is 0.260 e. The minimum absolute atomic E-state index is 0.0436. The van der Waals surface area contributed by atoms with Gasteiger partial charge in [0.1, 0.15) is 0 Å². The Morgan fingerprint density at radius 2 is 1.72 bits per heavy atom. The van der Waals surface area contributed by atoms with E-state index in [1.165, 1.54) is 11.3 Å². The molecule has 204 valence electrons. The second kappa shape index (κ2) is 12.2. The van der Waals surface area contributed by atoms with E-state index in [1.807, 2.05) is 55.6 Å². The quantitative estimate of drug-likeness (QED) is 0.196. The Hall–Kier alpha value is -2.72. The van der Waals surface area contributed by atoms with Gasteiger partial charge in [0.15, 0.2) is 5.13 Å². The van der Waals surface area contributed by atoms with Crippen LogP contribution in [-0.2, 0) is 16.6 Å². The predicted octanol–water partition coefficient (Wildman–Crippen LogP) is 7.21. The molecule has 0 spiro atoms. The standard InChI is InChI=1S/C30H33N3O3S3/c1-3-33(24-12-8-5-9-13-24)39(35,36)26-17-14-23(15-18-26)29(34)32(21-22-10-6-4-7-11-22)30-31-27-19-16-25(37-2)20-28(27)38-30/h4,6-7,10-11,14-20,24H,3,5,8-9,12-13,21H2,1-2H3. The van der Waals surface area contributed by atoms with Crippen LogP contribution < -0.4 is 4.90 Å². The summed E-state index contributed by atoms with van der Waals surface area (Å²) >= 11 is 3.15. The molecule has 1 amide bonds. The van der Waals surface area contributed by atoms with Crippen molar-refractivity contribution in [3.63, 3.8) is 0 Å². The number of benzene rings is 3. The molecule has 0 atom stereocenters. The second-order valence-electron chi connectivity index (χ2n) is 9.73. The Kier molecular flexibility index (Phi) is 8.71. The predicted molar refractivity (Wildman–Crippen MR) is 161 cm³/mol. The molecule has 0 unspecified atom stereocenters. The first kappa shape index (κ1) is 27.8. The molecule has 1 heterocycles. The lowest BCUT2D eigenvalue weighted by atomic mass is 9.95. The molecule has 1 saturated carbocycles. The highest BCUT2D eigenvalue weighted by Crippen LogP contribution is 2.33. The Morgan fingerprint density at radius 1 is 1.00 bits per heavy atom. The molecule has 5 rings (SSSR count). The third-order valence-electron chi connectivity index (χ3n) is 7.25. The van der Waals surface area contributed by atoms with Crippen molar-refractivity contribution in [3.8, 4) is 0 Å². The van der Waals surface area contributed by atoms with Crippen LogP contribution in [0.25, 0.3) is 10.2 Å². The van der Waals surface area contributed by atoms with Crippen LogP contribution in [0, 0.1) is 0 Å². The average Bonchev–Trinajstić information content (AvgIpc) is 3.40. The number of thiazole rings is 1. The first-order valence-corrected chi connectivity index (χ1v) is 16.8. The fourth-order valence-electron chi connectivity index (χ4n) is 5.18. The van der Waals surface area contributed by atoms with Crippen molar-refractivity contribution in [1.82, 2.24) is 9.29 Å². The summed E-state index contributed by atoms with van der Waals surface area (Å²) in [5.41, 5.74) is 2.26. The highest BCUT2D eigenvalue weighted by molar-refractivity contribution is 7.98. The fourth-order valence-corrected chi connectivity index (χ4v) is 8.39. The summed E-state index contributed by atoms with van der Waals surface area (Å²) in [5, 5.41) is 0.614. The molecule has 39 heavy (non-hydrogen) atoms. The summed E-state index contributed by atoms with van der Waals surface area (Å²) in [4.78, 5) is 21.7. The van der Waals surface area contributed by atoms with Gasteiger partial charge in [0.05, 0.1) is 21.7 Å². The summed E-state index contributed by atoms with van der Waals surface area (Å²) in [6.07, 6.45) is 7.12. The maximum atomic E-state index is 13.9. The van der Waals surface area contributed by atoms with Crippen LogP contribution in [0.1, 0.15) is 54.9 Å². The first-order valence-electron chi connectivity index (χ1n) is 13.3. The minimum atomic E-state index is -3.64. The number of sulfonamides is 1. The number of anilines is 1. The molecule has 1 aliphatic rings. The monoisotopic (exact) mass is 579 g/mol. The van der Waals surface area contributed by atoms with Crippen LogP contribution in [0.2, 0.25) is 0 Å². The van der Waals surface area contributed by atoms with Crippen LogP contribution in [-0.4, -0.2) is 42.5 Å². The van der Waals surface area contributed by atoms with Crippen molar-refractivity contribution in [2.45, 2.75) is 61.4 Å². The second-order valence-corrected chi connectivity index (χ2v) is 13.5. The lowest BCUT2D eigenvalue weighted by Crippen LogP contribution is -2.41. The van der Waals surface area contributed by atoms with Crippen LogP contribution in [0.4, 0.5) is 5.13 Å². The molecule has 1 aromatic heterocycles. The molecule has 0 N–H and O–H groups in total. The van der Waals surface area contributed by atoms with Crippen molar-refractivity contribution in [1.29, 1.82) is 0 Å². The van der Waals surface area contributed by atoms with Gasteiger partial charge < -0.3 is 0 Å². The summed E-state index contributed by atoms with van der Waals surface area (Å²) in [7, 11) is -3.64. The van der Waals surface area contributed by atoms with E-state index < -0.39 is 10.0 Å². The van der Waals surface area contributed by atoms with E-state index in [0.717, 1.165) is 52.8 Å². The fraction of sp³-hybridized carbons (Fsp3) is 0.333. The maximum absolute atomic E-state index is 13.9. The zero-order valence-electron chi connectivity index (χ0n) is 22.2. The number of rotatable bonds is 9. The largest absolute Gasteiger partial charge is 0.279 e. The number of carbonyl (C=O) groups excluding carboxylic acids is 1. The molecule has 0 bridgehead atoms. The van der Waals surface area contributed by atoms with E-state index in [4.69, 9.17) is 4.98 Å². The number of hydrogen-bond donors (Lipinski definition) is 0. The van der Waals surface area contributed by atoms with Crippen LogP contribution >= 0.6 is 23.1 Å². The van der Waals surface area contributed by atoms with Gasteiger partial charge in [-0.1, -0.05) is 67.9 Å². The molecular weight excluding hydrogens is 547 g/mol. The number of nitrogens with zero attached hydrogens (tertiary/aromatic N) is 3. The van der Waals surface area contributed by atoms with Gasteiger partial charge in [0, 0.05) is 23.0 Å². The number of carbonyl (C=O) groups is 1. The van der Waals surface area contributed by atoms with Crippen molar-refractivity contribution in [2.24, 2.45) is 0 Å². The molecular formula is C30H33N3O3S3. The lowest BCUT2D eigenvalue weighted by Gasteiger charge is -2.32. The van der Waals surface area contributed by atoms with Gasteiger partial charge in [0.25, 0.3) is 5.91 Å².